The van der Waals surface area contributed by atoms with Crippen molar-refractivity contribution in [3.63, 3.8) is 0 Å². The molecule has 2 heterocycles. The summed E-state index contributed by atoms with van der Waals surface area (Å²) in [7, 11) is 0. The predicted molar refractivity (Wildman–Crippen MR) is 59.0 cm³/mol. The molecule has 0 aromatic rings. The SMILES string of the molecule is CC1=CNC(C2N=CC(C)=CN2)C=C1. The second kappa shape index (κ2) is 3.70. The van der Waals surface area contributed by atoms with Gasteiger partial charge in [-0.15, -0.1) is 0 Å². The molecule has 14 heavy (non-hydrogen) atoms. The Bertz CT molecular complexity index is 302. The molecule has 0 amide bonds. The van der Waals surface area contributed by atoms with E-state index in [1.165, 1.54) is 5.57 Å². The van der Waals surface area contributed by atoms with Crippen LogP contribution in [0.3, 0.4) is 0 Å². The van der Waals surface area contributed by atoms with Crippen LogP contribution in [0, 0.1) is 0 Å². The summed E-state index contributed by atoms with van der Waals surface area (Å²) < 4.78 is 0. The van der Waals surface area contributed by atoms with Gasteiger partial charge in [0.25, 0.3) is 0 Å². The summed E-state index contributed by atoms with van der Waals surface area (Å²) in [5, 5.41) is 6.55. The highest BCUT2D eigenvalue weighted by Gasteiger charge is 2.18. The smallest absolute Gasteiger partial charge is 0.142 e. The monoisotopic (exact) mass is 189 g/mol. The van der Waals surface area contributed by atoms with Crippen LogP contribution in [0.5, 0.6) is 0 Å². The fraction of sp³-hybridized carbons (Fsp3) is 0.364. The van der Waals surface area contributed by atoms with Crippen LogP contribution in [-0.4, -0.2) is 18.4 Å². The first-order chi connectivity index (χ1) is 6.75. The molecule has 0 spiro atoms. The summed E-state index contributed by atoms with van der Waals surface area (Å²) in [6.45, 7) is 4.10. The third-order valence-electron chi connectivity index (χ3n) is 2.33. The molecule has 0 bridgehead atoms. The van der Waals surface area contributed by atoms with E-state index < -0.39 is 0 Å². The maximum absolute atomic E-state index is 4.41. The quantitative estimate of drug-likeness (QED) is 0.652. The summed E-state index contributed by atoms with van der Waals surface area (Å²) in [6, 6.07) is 0.249. The third-order valence-corrected chi connectivity index (χ3v) is 2.33. The summed E-state index contributed by atoms with van der Waals surface area (Å²) in [6.07, 6.45) is 10.3. The second-order valence-corrected chi connectivity index (χ2v) is 3.72. The molecule has 0 aromatic heterocycles. The van der Waals surface area contributed by atoms with Gasteiger partial charge in [-0.3, -0.25) is 4.99 Å². The van der Waals surface area contributed by atoms with Crippen molar-refractivity contribution in [1.82, 2.24) is 10.6 Å². The van der Waals surface area contributed by atoms with Crippen molar-refractivity contribution in [1.29, 1.82) is 0 Å². The standard InChI is InChI=1S/C11H15N3/c1-8-3-4-10(12-5-8)11-13-6-9(2)7-14-11/h3-7,10-13H,1-2H3. The van der Waals surface area contributed by atoms with Crippen LogP contribution < -0.4 is 10.6 Å². The zero-order chi connectivity index (χ0) is 9.97. The van der Waals surface area contributed by atoms with Crippen LogP contribution in [0.15, 0.2) is 40.7 Å². The minimum atomic E-state index is 0.110. The number of dihydropyridines is 1. The van der Waals surface area contributed by atoms with Crippen molar-refractivity contribution in [2.75, 3.05) is 0 Å². The Morgan fingerprint density at radius 2 is 1.93 bits per heavy atom. The molecular formula is C11H15N3. The summed E-state index contributed by atoms with van der Waals surface area (Å²) in [5.41, 5.74) is 2.40. The van der Waals surface area contributed by atoms with E-state index in [4.69, 9.17) is 0 Å². The minimum Gasteiger partial charge on any atom is -0.381 e. The lowest BCUT2D eigenvalue weighted by molar-refractivity contribution is 0.499. The highest BCUT2D eigenvalue weighted by atomic mass is 15.1. The van der Waals surface area contributed by atoms with Gasteiger partial charge >= 0.3 is 0 Å². The molecule has 0 fully saturated rings. The zero-order valence-corrected chi connectivity index (χ0v) is 8.49. The van der Waals surface area contributed by atoms with E-state index in [9.17, 15) is 0 Å². The van der Waals surface area contributed by atoms with Gasteiger partial charge in [0.1, 0.15) is 6.17 Å². The van der Waals surface area contributed by atoms with Crippen molar-refractivity contribution in [3.05, 3.63) is 35.7 Å². The molecule has 0 aliphatic carbocycles. The lowest BCUT2D eigenvalue weighted by atomic mass is 10.1. The van der Waals surface area contributed by atoms with Gasteiger partial charge in [-0.1, -0.05) is 12.2 Å². The predicted octanol–water partition coefficient (Wildman–Crippen LogP) is 1.32. The fourth-order valence-corrected chi connectivity index (χ4v) is 1.47. The molecule has 2 atom stereocenters. The average Bonchev–Trinajstić information content (AvgIpc) is 2.21. The van der Waals surface area contributed by atoms with E-state index in [1.54, 1.807) is 0 Å². The molecule has 2 rings (SSSR count). The average molecular weight is 189 g/mol. The van der Waals surface area contributed by atoms with Crippen molar-refractivity contribution >= 4 is 6.21 Å². The van der Waals surface area contributed by atoms with Gasteiger partial charge in [-0.25, -0.2) is 0 Å². The highest BCUT2D eigenvalue weighted by Crippen LogP contribution is 2.09. The molecule has 2 aliphatic heterocycles. The summed E-state index contributed by atoms with van der Waals surface area (Å²) in [5.74, 6) is 0. The summed E-state index contributed by atoms with van der Waals surface area (Å²) in [4.78, 5) is 4.41. The topological polar surface area (TPSA) is 36.4 Å². The largest absolute Gasteiger partial charge is 0.381 e. The lowest BCUT2D eigenvalue weighted by Gasteiger charge is -2.26. The van der Waals surface area contributed by atoms with E-state index in [0.717, 1.165) is 5.57 Å². The maximum atomic E-state index is 4.41. The van der Waals surface area contributed by atoms with Crippen LogP contribution in [0.1, 0.15) is 13.8 Å². The first-order valence-corrected chi connectivity index (χ1v) is 4.83. The molecule has 3 nitrogen and oxygen atoms in total. The number of aliphatic imine (C=N–C) groups is 1. The number of nitrogens with zero attached hydrogens (tertiary/aromatic N) is 1. The van der Waals surface area contributed by atoms with Gasteiger partial charge in [-0.2, -0.15) is 0 Å². The first kappa shape index (κ1) is 9.06. The van der Waals surface area contributed by atoms with E-state index >= 15 is 0 Å². The molecule has 74 valence electrons. The molecule has 2 aliphatic rings. The van der Waals surface area contributed by atoms with Crippen LogP contribution in [0.4, 0.5) is 0 Å². The van der Waals surface area contributed by atoms with Gasteiger partial charge in [-0.05, 0) is 31.2 Å². The van der Waals surface area contributed by atoms with Gasteiger partial charge in [0.2, 0.25) is 0 Å². The molecule has 0 radical (unpaired) electrons. The molecule has 2 N–H and O–H groups in total. The maximum Gasteiger partial charge on any atom is 0.142 e. The van der Waals surface area contributed by atoms with Crippen LogP contribution >= 0.6 is 0 Å². The van der Waals surface area contributed by atoms with Gasteiger partial charge in [0.05, 0.1) is 6.04 Å². The Kier molecular flexibility index (Phi) is 2.39. The fourth-order valence-electron chi connectivity index (χ4n) is 1.47. The lowest BCUT2D eigenvalue weighted by Crippen LogP contribution is -2.44. The van der Waals surface area contributed by atoms with Gasteiger partial charge in [0, 0.05) is 12.4 Å². The van der Waals surface area contributed by atoms with Gasteiger partial charge < -0.3 is 10.6 Å². The number of allylic oxidation sites excluding steroid dienone is 3. The molecule has 0 saturated carbocycles. The van der Waals surface area contributed by atoms with Crippen LogP contribution in [-0.2, 0) is 0 Å². The van der Waals surface area contributed by atoms with Crippen molar-refractivity contribution in [2.24, 2.45) is 4.99 Å². The number of hydrogen-bond donors (Lipinski definition) is 2. The molecular weight excluding hydrogens is 174 g/mol. The Morgan fingerprint density at radius 3 is 2.50 bits per heavy atom. The van der Waals surface area contributed by atoms with Crippen molar-refractivity contribution < 1.29 is 0 Å². The Morgan fingerprint density at radius 1 is 1.14 bits per heavy atom. The number of rotatable bonds is 1. The molecule has 0 aromatic carbocycles. The highest BCUT2D eigenvalue weighted by molar-refractivity contribution is 5.78. The molecule has 3 heteroatoms. The Labute approximate surface area is 84.3 Å². The van der Waals surface area contributed by atoms with Gasteiger partial charge in [0.15, 0.2) is 0 Å². The van der Waals surface area contributed by atoms with E-state index in [0.29, 0.717) is 0 Å². The number of nitrogens with one attached hydrogen (secondary N) is 2. The van der Waals surface area contributed by atoms with E-state index in [-0.39, 0.29) is 12.2 Å². The summed E-state index contributed by atoms with van der Waals surface area (Å²) >= 11 is 0. The Balaban J connectivity index is 2.00. The molecule has 2 unspecified atom stereocenters. The zero-order valence-electron chi connectivity index (χ0n) is 8.49. The second-order valence-electron chi connectivity index (χ2n) is 3.72. The van der Waals surface area contributed by atoms with E-state index in [2.05, 4.69) is 34.7 Å². The normalized spacial score (nSPS) is 30.1. The number of hydrogen-bond acceptors (Lipinski definition) is 3. The van der Waals surface area contributed by atoms with Crippen molar-refractivity contribution in [2.45, 2.75) is 26.1 Å². The van der Waals surface area contributed by atoms with E-state index in [1.807, 2.05) is 25.5 Å². The minimum absolute atomic E-state index is 0.110. The first-order valence-electron chi connectivity index (χ1n) is 4.83. The van der Waals surface area contributed by atoms with Crippen LogP contribution in [0.2, 0.25) is 0 Å². The van der Waals surface area contributed by atoms with Crippen LogP contribution in [0.25, 0.3) is 0 Å². The molecule has 0 saturated heterocycles. The third kappa shape index (κ3) is 1.87. The van der Waals surface area contributed by atoms with Crippen molar-refractivity contribution in [3.8, 4) is 0 Å². The Hall–Kier alpha value is -1.51.